The van der Waals surface area contributed by atoms with Gasteiger partial charge in [-0.25, -0.2) is 0 Å². The first-order chi connectivity index (χ1) is 10.2. The molecule has 21 heavy (non-hydrogen) atoms. The molecule has 2 heterocycles. The maximum absolute atomic E-state index is 11.4. The first kappa shape index (κ1) is 17.1. The van der Waals surface area contributed by atoms with Crippen molar-refractivity contribution in [1.82, 2.24) is 4.90 Å². The average Bonchev–Trinajstić information content (AvgIpc) is 2.94. The van der Waals surface area contributed by atoms with E-state index < -0.39 is 0 Å². The molecule has 1 spiro atoms. The molecule has 2 unspecified atom stereocenters. The second kappa shape index (κ2) is 8.36. The standard InChI is InChI=1S/C15H27NO4S/c1-18-9-7-16(6-3-14(17)19-2)13-4-8-20-15(11-13)5-10-21-12-15/h13H,3-12H2,1-2H3. The van der Waals surface area contributed by atoms with E-state index in [1.807, 2.05) is 11.8 Å². The Kier molecular flexibility index (Phi) is 6.79. The maximum Gasteiger partial charge on any atom is 0.306 e. The van der Waals surface area contributed by atoms with Crippen LogP contribution >= 0.6 is 11.8 Å². The fourth-order valence-electron chi connectivity index (χ4n) is 3.20. The van der Waals surface area contributed by atoms with Crippen LogP contribution in [-0.4, -0.2) is 74.5 Å². The fourth-order valence-corrected chi connectivity index (χ4v) is 4.58. The molecule has 0 aromatic heterocycles. The molecule has 6 heteroatoms. The number of methoxy groups -OCH3 is 2. The van der Waals surface area contributed by atoms with E-state index in [4.69, 9.17) is 14.2 Å². The van der Waals surface area contributed by atoms with Crippen molar-refractivity contribution < 1.29 is 19.0 Å². The third-order valence-electron chi connectivity index (χ3n) is 4.46. The minimum atomic E-state index is -0.143. The van der Waals surface area contributed by atoms with Crippen molar-refractivity contribution in [2.45, 2.75) is 37.3 Å². The van der Waals surface area contributed by atoms with Gasteiger partial charge in [0.05, 0.1) is 25.7 Å². The molecule has 0 aromatic rings. The Bertz CT molecular complexity index is 334. The predicted octanol–water partition coefficient (Wildman–Crippen LogP) is 1.55. The molecule has 0 saturated carbocycles. The van der Waals surface area contributed by atoms with Gasteiger partial charge in [0.25, 0.3) is 0 Å². The number of carbonyl (C=O) groups is 1. The van der Waals surface area contributed by atoms with Crippen LogP contribution in [0.25, 0.3) is 0 Å². The SMILES string of the molecule is COCCN(CCC(=O)OC)C1CCOC2(CCSC2)C1. The van der Waals surface area contributed by atoms with E-state index in [2.05, 4.69) is 4.90 Å². The topological polar surface area (TPSA) is 48.0 Å². The number of carbonyl (C=O) groups excluding carboxylic acids is 1. The maximum atomic E-state index is 11.4. The zero-order valence-corrected chi connectivity index (χ0v) is 14.0. The van der Waals surface area contributed by atoms with Crippen LogP contribution in [0.2, 0.25) is 0 Å². The molecule has 0 bridgehead atoms. The number of hydrogen-bond donors (Lipinski definition) is 0. The Morgan fingerprint density at radius 3 is 2.95 bits per heavy atom. The normalized spacial score (nSPS) is 29.2. The second-order valence-electron chi connectivity index (χ2n) is 5.84. The van der Waals surface area contributed by atoms with Crippen LogP contribution in [0, 0.1) is 0 Å². The van der Waals surface area contributed by atoms with Crippen molar-refractivity contribution in [3.05, 3.63) is 0 Å². The zero-order valence-electron chi connectivity index (χ0n) is 13.1. The van der Waals surface area contributed by atoms with Gasteiger partial charge in [0, 0.05) is 38.6 Å². The lowest BCUT2D eigenvalue weighted by Gasteiger charge is -2.42. The van der Waals surface area contributed by atoms with Crippen LogP contribution < -0.4 is 0 Å². The Hall–Kier alpha value is -0.300. The molecule has 0 radical (unpaired) electrons. The summed E-state index contributed by atoms with van der Waals surface area (Å²) in [5, 5.41) is 0. The summed E-state index contributed by atoms with van der Waals surface area (Å²) < 4.78 is 16.1. The van der Waals surface area contributed by atoms with E-state index >= 15 is 0 Å². The first-order valence-electron chi connectivity index (χ1n) is 7.70. The van der Waals surface area contributed by atoms with Crippen molar-refractivity contribution in [3.8, 4) is 0 Å². The van der Waals surface area contributed by atoms with E-state index in [1.54, 1.807) is 7.11 Å². The molecular formula is C15H27NO4S. The smallest absolute Gasteiger partial charge is 0.306 e. The quantitative estimate of drug-likeness (QED) is 0.664. The number of esters is 1. The molecular weight excluding hydrogens is 290 g/mol. The van der Waals surface area contributed by atoms with Crippen molar-refractivity contribution in [2.24, 2.45) is 0 Å². The average molecular weight is 317 g/mol. The van der Waals surface area contributed by atoms with Crippen LogP contribution in [0.5, 0.6) is 0 Å². The van der Waals surface area contributed by atoms with E-state index in [1.165, 1.54) is 12.9 Å². The molecule has 0 aromatic carbocycles. The van der Waals surface area contributed by atoms with Gasteiger partial charge < -0.3 is 14.2 Å². The third-order valence-corrected chi connectivity index (χ3v) is 5.69. The van der Waals surface area contributed by atoms with Gasteiger partial charge in [-0.15, -0.1) is 0 Å². The Balaban J connectivity index is 1.92. The van der Waals surface area contributed by atoms with Crippen LogP contribution in [0.1, 0.15) is 25.7 Å². The molecule has 2 atom stereocenters. The molecule has 2 saturated heterocycles. The molecule has 2 rings (SSSR count). The van der Waals surface area contributed by atoms with E-state index in [-0.39, 0.29) is 11.6 Å². The van der Waals surface area contributed by atoms with Gasteiger partial charge in [0.1, 0.15) is 0 Å². The Labute approximate surface area is 131 Å². The minimum Gasteiger partial charge on any atom is -0.469 e. The van der Waals surface area contributed by atoms with Crippen molar-refractivity contribution >= 4 is 17.7 Å². The lowest BCUT2D eigenvalue weighted by molar-refractivity contribution is -0.141. The van der Waals surface area contributed by atoms with Gasteiger partial charge in [0.2, 0.25) is 0 Å². The summed E-state index contributed by atoms with van der Waals surface area (Å²) in [5.41, 5.74) is 0.0736. The monoisotopic (exact) mass is 317 g/mol. The summed E-state index contributed by atoms with van der Waals surface area (Å²) in [6, 6.07) is 0.484. The van der Waals surface area contributed by atoms with Gasteiger partial charge in [-0.2, -0.15) is 11.8 Å². The highest BCUT2D eigenvalue weighted by Crippen LogP contribution is 2.39. The summed E-state index contributed by atoms with van der Waals surface area (Å²) >= 11 is 1.99. The first-order valence-corrected chi connectivity index (χ1v) is 8.86. The predicted molar refractivity (Wildman–Crippen MR) is 83.7 cm³/mol. The van der Waals surface area contributed by atoms with Crippen molar-refractivity contribution in [1.29, 1.82) is 0 Å². The second-order valence-corrected chi connectivity index (χ2v) is 6.94. The van der Waals surface area contributed by atoms with Crippen molar-refractivity contribution in [3.63, 3.8) is 0 Å². The van der Waals surface area contributed by atoms with Gasteiger partial charge in [0.15, 0.2) is 0 Å². The summed E-state index contributed by atoms with van der Waals surface area (Å²) in [5.74, 6) is 2.17. The number of ether oxygens (including phenoxy) is 3. The molecule has 122 valence electrons. The van der Waals surface area contributed by atoms with E-state index in [0.29, 0.717) is 19.1 Å². The highest BCUT2D eigenvalue weighted by Gasteiger charge is 2.41. The number of hydrogen-bond acceptors (Lipinski definition) is 6. The lowest BCUT2D eigenvalue weighted by atomic mass is 9.89. The number of nitrogens with zero attached hydrogens (tertiary/aromatic N) is 1. The largest absolute Gasteiger partial charge is 0.469 e. The molecule has 2 aliphatic rings. The molecule has 5 nitrogen and oxygen atoms in total. The van der Waals surface area contributed by atoms with Crippen molar-refractivity contribution in [2.75, 3.05) is 52.0 Å². The zero-order chi connectivity index (χ0) is 15.1. The summed E-state index contributed by atoms with van der Waals surface area (Å²) in [7, 11) is 3.17. The molecule has 0 N–H and O–H groups in total. The van der Waals surface area contributed by atoms with Crippen LogP contribution in [-0.2, 0) is 19.0 Å². The molecule has 0 aliphatic carbocycles. The van der Waals surface area contributed by atoms with Gasteiger partial charge in [-0.05, 0) is 25.0 Å². The Morgan fingerprint density at radius 2 is 2.29 bits per heavy atom. The van der Waals surface area contributed by atoms with Gasteiger partial charge in [-0.3, -0.25) is 9.69 Å². The Morgan fingerprint density at radius 1 is 1.43 bits per heavy atom. The number of thioether (sulfide) groups is 1. The lowest BCUT2D eigenvalue weighted by Crippen LogP contribution is -2.50. The van der Waals surface area contributed by atoms with Crippen LogP contribution in [0.15, 0.2) is 0 Å². The van der Waals surface area contributed by atoms with Gasteiger partial charge >= 0.3 is 5.97 Å². The fraction of sp³-hybridized carbons (Fsp3) is 0.933. The third kappa shape index (κ3) is 4.84. The summed E-state index contributed by atoms with van der Waals surface area (Å²) in [6.45, 7) is 3.12. The molecule has 2 fully saturated rings. The molecule has 2 aliphatic heterocycles. The highest BCUT2D eigenvalue weighted by molar-refractivity contribution is 7.99. The van der Waals surface area contributed by atoms with Gasteiger partial charge in [-0.1, -0.05) is 0 Å². The van der Waals surface area contributed by atoms with E-state index in [0.717, 1.165) is 44.7 Å². The number of rotatable bonds is 7. The highest BCUT2D eigenvalue weighted by atomic mass is 32.2. The molecule has 0 amide bonds. The van der Waals surface area contributed by atoms with Crippen LogP contribution in [0.3, 0.4) is 0 Å². The van der Waals surface area contributed by atoms with Crippen LogP contribution in [0.4, 0.5) is 0 Å². The summed E-state index contributed by atoms with van der Waals surface area (Å²) in [4.78, 5) is 13.8. The summed E-state index contributed by atoms with van der Waals surface area (Å²) in [6.07, 6.45) is 3.71. The minimum absolute atomic E-state index is 0.0736. The van der Waals surface area contributed by atoms with E-state index in [9.17, 15) is 4.79 Å².